The Bertz CT molecular complexity index is 634. The van der Waals surface area contributed by atoms with Gasteiger partial charge >= 0.3 is 6.01 Å². The van der Waals surface area contributed by atoms with Crippen LogP contribution in [0.1, 0.15) is 25.1 Å². The van der Waals surface area contributed by atoms with Gasteiger partial charge < -0.3 is 10.1 Å². The van der Waals surface area contributed by atoms with E-state index in [1.54, 1.807) is 6.20 Å². The fraction of sp³-hybridized carbons (Fsp3) is 0.333. The van der Waals surface area contributed by atoms with E-state index in [0.29, 0.717) is 18.3 Å². The number of hydrogen-bond acceptors (Lipinski definition) is 4. The van der Waals surface area contributed by atoms with Crippen LogP contribution in [-0.4, -0.2) is 16.0 Å². The molecule has 2 rings (SSSR count). The number of nitrogens with one attached hydrogen (secondary N) is 1. The Kier molecular flexibility index (Phi) is 5.09. The van der Waals surface area contributed by atoms with Gasteiger partial charge in [-0.1, -0.05) is 25.4 Å². The quantitative estimate of drug-likeness (QED) is 0.911. The summed E-state index contributed by atoms with van der Waals surface area (Å²) < 4.78 is 18.5. The monoisotopic (exact) mass is 309 g/mol. The van der Waals surface area contributed by atoms with Crippen molar-refractivity contribution in [1.29, 1.82) is 0 Å². The molecule has 1 heterocycles. The molecule has 0 unspecified atom stereocenters. The van der Waals surface area contributed by atoms with Crippen LogP contribution in [0.5, 0.6) is 11.8 Å². The maximum atomic E-state index is 13.0. The number of halogens is 2. The lowest BCUT2D eigenvalue weighted by molar-refractivity contribution is 0.437. The molecule has 6 heteroatoms. The molecule has 0 amide bonds. The summed E-state index contributed by atoms with van der Waals surface area (Å²) in [5.74, 6) is -0.0925. The van der Waals surface area contributed by atoms with Gasteiger partial charge in [-0.3, -0.25) is 0 Å². The van der Waals surface area contributed by atoms with Crippen LogP contribution in [0, 0.1) is 12.7 Å². The predicted molar refractivity (Wildman–Crippen MR) is 80.2 cm³/mol. The lowest BCUT2D eigenvalue weighted by atomic mass is 10.2. The van der Waals surface area contributed by atoms with Gasteiger partial charge in [0, 0.05) is 30.0 Å². The molecule has 1 aromatic carbocycles. The average molecular weight is 310 g/mol. The number of nitrogens with zero attached hydrogens (tertiary/aromatic N) is 2. The summed E-state index contributed by atoms with van der Waals surface area (Å²) in [6, 6.07) is 4.48. The molecule has 0 fully saturated rings. The summed E-state index contributed by atoms with van der Waals surface area (Å²) >= 11 is 5.90. The van der Waals surface area contributed by atoms with E-state index in [-0.39, 0.29) is 11.0 Å². The Balaban J connectivity index is 2.12. The van der Waals surface area contributed by atoms with E-state index in [1.165, 1.54) is 18.2 Å². The molecule has 4 nitrogen and oxygen atoms in total. The minimum atomic E-state index is -0.417. The Morgan fingerprint density at radius 1 is 1.38 bits per heavy atom. The van der Waals surface area contributed by atoms with E-state index in [2.05, 4.69) is 29.1 Å². The zero-order valence-corrected chi connectivity index (χ0v) is 12.9. The zero-order valence-electron chi connectivity index (χ0n) is 12.2. The molecule has 0 bridgehead atoms. The molecular weight excluding hydrogens is 293 g/mol. The second-order valence-electron chi connectivity index (χ2n) is 4.98. The molecule has 0 aliphatic carbocycles. The zero-order chi connectivity index (χ0) is 15.4. The van der Waals surface area contributed by atoms with Crippen molar-refractivity contribution >= 4 is 11.6 Å². The molecule has 0 spiro atoms. The number of ether oxygens (including phenoxy) is 1. The number of hydrogen-bond donors (Lipinski definition) is 1. The number of aromatic nitrogens is 2. The first-order valence-electron chi connectivity index (χ1n) is 6.64. The first kappa shape index (κ1) is 15.7. The van der Waals surface area contributed by atoms with Gasteiger partial charge in [-0.05, 0) is 25.1 Å². The van der Waals surface area contributed by atoms with E-state index in [1.807, 2.05) is 6.92 Å². The highest BCUT2D eigenvalue weighted by atomic mass is 35.5. The molecule has 2 aromatic rings. The van der Waals surface area contributed by atoms with E-state index in [0.717, 1.165) is 11.3 Å². The second kappa shape index (κ2) is 6.83. The van der Waals surface area contributed by atoms with Gasteiger partial charge in [0.1, 0.15) is 11.6 Å². The first-order valence-corrected chi connectivity index (χ1v) is 7.02. The maximum absolute atomic E-state index is 13.0. The predicted octanol–water partition coefficient (Wildman–Crippen LogP) is 3.87. The normalized spacial score (nSPS) is 11.0. The molecule has 0 radical (unpaired) electrons. The number of benzene rings is 1. The molecule has 0 aliphatic heterocycles. The maximum Gasteiger partial charge on any atom is 0.322 e. The average Bonchev–Trinajstić information content (AvgIpc) is 2.41. The number of rotatable bonds is 5. The third-order valence-corrected chi connectivity index (χ3v) is 3.15. The highest BCUT2D eigenvalue weighted by molar-refractivity contribution is 6.32. The van der Waals surface area contributed by atoms with Crippen molar-refractivity contribution < 1.29 is 9.13 Å². The fourth-order valence-electron chi connectivity index (χ4n) is 1.66. The van der Waals surface area contributed by atoms with E-state index in [9.17, 15) is 4.39 Å². The van der Waals surface area contributed by atoms with Crippen LogP contribution in [0.2, 0.25) is 5.02 Å². The largest absolute Gasteiger partial charge is 0.423 e. The van der Waals surface area contributed by atoms with Crippen LogP contribution in [0.15, 0.2) is 24.4 Å². The minimum Gasteiger partial charge on any atom is -0.423 e. The SMILES string of the molecule is Cc1nc(Oc2ccc(F)cc2Cl)ncc1CNC(C)C. The van der Waals surface area contributed by atoms with Crippen molar-refractivity contribution in [1.82, 2.24) is 15.3 Å². The lowest BCUT2D eigenvalue weighted by Gasteiger charge is -2.11. The van der Waals surface area contributed by atoms with Crippen LogP contribution >= 0.6 is 11.6 Å². The molecule has 0 atom stereocenters. The van der Waals surface area contributed by atoms with Crippen LogP contribution in [0.25, 0.3) is 0 Å². The summed E-state index contributed by atoms with van der Waals surface area (Å²) in [4.78, 5) is 8.43. The van der Waals surface area contributed by atoms with Crippen molar-refractivity contribution in [3.05, 3.63) is 46.5 Å². The van der Waals surface area contributed by atoms with E-state index in [4.69, 9.17) is 16.3 Å². The fourth-order valence-corrected chi connectivity index (χ4v) is 1.87. The molecule has 21 heavy (non-hydrogen) atoms. The van der Waals surface area contributed by atoms with Crippen LogP contribution in [-0.2, 0) is 6.54 Å². The summed E-state index contributed by atoms with van der Waals surface area (Å²) in [6.07, 6.45) is 1.71. The van der Waals surface area contributed by atoms with Gasteiger partial charge in [0.05, 0.1) is 5.02 Å². The third kappa shape index (κ3) is 4.37. The Morgan fingerprint density at radius 2 is 2.14 bits per heavy atom. The summed E-state index contributed by atoms with van der Waals surface area (Å²) in [5, 5.41) is 3.49. The second-order valence-corrected chi connectivity index (χ2v) is 5.38. The van der Waals surface area contributed by atoms with Gasteiger partial charge in [-0.25, -0.2) is 9.37 Å². The minimum absolute atomic E-state index is 0.182. The first-order chi connectivity index (χ1) is 9.95. The third-order valence-electron chi connectivity index (χ3n) is 2.85. The van der Waals surface area contributed by atoms with Crippen molar-refractivity contribution in [3.8, 4) is 11.8 Å². The molecule has 1 aromatic heterocycles. The van der Waals surface area contributed by atoms with Gasteiger partial charge in [-0.2, -0.15) is 4.98 Å². The molecule has 0 aliphatic rings. The summed E-state index contributed by atoms with van der Waals surface area (Å²) in [5.41, 5.74) is 1.83. The van der Waals surface area contributed by atoms with Crippen molar-refractivity contribution in [3.63, 3.8) is 0 Å². The lowest BCUT2D eigenvalue weighted by Crippen LogP contribution is -2.22. The van der Waals surface area contributed by atoms with Crippen molar-refractivity contribution in [2.75, 3.05) is 0 Å². The van der Waals surface area contributed by atoms with E-state index < -0.39 is 5.82 Å². The Hall–Kier alpha value is -1.72. The van der Waals surface area contributed by atoms with Crippen molar-refractivity contribution in [2.45, 2.75) is 33.4 Å². The van der Waals surface area contributed by atoms with Gasteiger partial charge in [0.15, 0.2) is 0 Å². The van der Waals surface area contributed by atoms with Crippen LogP contribution in [0.4, 0.5) is 4.39 Å². The topological polar surface area (TPSA) is 47.0 Å². The highest BCUT2D eigenvalue weighted by Gasteiger charge is 2.09. The van der Waals surface area contributed by atoms with Crippen LogP contribution < -0.4 is 10.1 Å². The Labute approximate surface area is 128 Å². The molecular formula is C15H17ClFN3O. The summed E-state index contributed by atoms with van der Waals surface area (Å²) in [7, 11) is 0. The van der Waals surface area contributed by atoms with Gasteiger partial charge in [0.25, 0.3) is 0 Å². The van der Waals surface area contributed by atoms with Crippen molar-refractivity contribution in [2.24, 2.45) is 0 Å². The molecule has 112 valence electrons. The Morgan fingerprint density at radius 3 is 2.76 bits per heavy atom. The van der Waals surface area contributed by atoms with Crippen LogP contribution in [0.3, 0.4) is 0 Å². The standard InChI is InChI=1S/C15H17ClFN3O/c1-9(2)18-7-11-8-19-15(20-10(11)3)21-14-5-4-12(17)6-13(14)16/h4-6,8-9,18H,7H2,1-3H3. The molecule has 0 saturated carbocycles. The smallest absolute Gasteiger partial charge is 0.322 e. The molecule has 1 N–H and O–H groups in total. The van der Waals surface area contributed by atoms with Gasteiger partial charge in [-0.15, -0.1) is 0 Å². The highest BCUT2D eigenvalue weighted by Crippen LogP contribution is 2.28. The van der Waals surface area contributed by atoms with Gasteiger partial charge in [0.2, 0.25) is 0 Å². The summed E-state index contributed by atoms with van der Waals surface area (Å²) in [6.45, 7) is 6.73. The number of aryl methyl sites for hydroxylation is 1. The van der Waals surface area contributed by atoms with E-state index >= 15 is 0 Å². The molecule has 0 saturated heterocycles.